The Hall–Kier alpha value is -2.54. The predicted molar refractivity (Wildman–Crippen MR) is 68.3 cm³/mol. The molecule has 1 amide bonds. The molecule has 1 heterocycles. The van der Waals surface area contributed by atoms with Crippen molar-refractivity contribution < 1.29 is 4.79 Å². The van der Waals surface area contributed by atoms with E-state index >= 15 is 0 Å². The molecule has 0 saturated heterocycles. The second-order valence-corrected chi connectivity index (χ2v) is 3.96. The summed E-state index contributed by atoms with van der Waals surface area (Å²) in [5, 5.41) is 11.2. The third-order valence-corrected chi connectivity index (χ3v) is 2.57. The number of nitriles is 1. The first-order valence-corrected chi connectivity index (χ1v) is 5.64. The van der Waals surface area contributed by atoms with Gasteiger partial charge in [-0.3, -0.25) is 4.79 Å². The molecule has 1 atom stereocenters. The highest BCUT2D eigenvalue weighted by Gasteiger charge is 2.08. The Kier molecular flexibility index (Phi) is 3.44. The molecular weight excluding hydrogens is 226 g/mol. The smallest absolute Gasteiger partial charge is 0.252 e. The van der Waals surface area contributed by atoms with E-state index in [0.29, 0.717) is 5.56 Å². The van der Waals surface area contributed by atoms with Crippen LogP contribution in [0.15, 0.2) is 48.8 Å². The molecule has 0 spiro atoms. The number of rotatable bonds is 3. The van der Waals surface area contributed by atoms with Crippen LogP contribution in [0, 0.1) is 11.3 Å². The van der Waals surface area contributed by atoms with Crippen LogP contribution in [0.4, 0.5) is 0 Å². The fourth-order valence-corrected chi connectivity index (χ4v) is 1.60. The molecule has 0 fully saturated rings. The Labute approximate surface area is 105 Å². The number of hydrogen-bond acceptors (Lipinski definition) is 2. The molecule has 1 aromatic carbocycles. The minimum Gasteiger partial charge on any atom is -0.337 e. The van der Waals surface area contributed by atoms with Gasteiger partial charge in [-0.2, -0.15) is 5.26 Å². The number of nitrogens with zero attached hydrogens (tertiary/aromatic N) is 2. The van der Waals surface area contributed by atoms with E-state index in [1.807, 2.05) is 47.3 Å². The molecule has 0 aliphatic rings. The van der Waals surface area contributed by atoms with Crippen LogP contribution in [-0.2, 0) is 0 Å². The summed E-state index contributed by atoms with van der Waals surface area (Å²) in [6.07, 6.45) is 3.87. The first kappa shape index (κ1) is 11.9. The molecule has 4 nitrogen and oxygen atoms in total. The van der Waals surface area contributed by atoms with Crippen molar-refractivity contribution >= 4 is 5.91 Å². The zero-order chi connectivity index (χ0) is 13.0. The Morgan fingerprint density at radius 3 is 2.44 bits per heavy atom. The number of hydrogen-bond donors (Lipinski definition) is 1. The maximum absolute atomic E-state index is 11.7. The Balaban J connectivity index is 2.13. The fourth-order valence-electron chi connectivity index (χ4n) is 1.60. The first-order valence-electron chi connectivity index (χ1n) is 5.64. The molecule has 1 aromatic heterocycles. The quantitative estimate of drug-likeness (QED) is 0.891. The lowest BCUT2D eigenvalue weighted by molar-refractivity contribution is 0.0948. The molecule has 1 N–H and O–H groups in total. The van der Waals surface area contributed by atoms with Crippen LogP contribution in [0.3, 0.4) is 0 Å². The third-order valence-electron chi connectivity index (χ3n) is 2.57. The maximum atomic E-state index is 11.7. The van der Waals surface area contributed by atoms with E-state index in [4.69, 9.17) is 5.26 Å². The molecule has 0 radical (unpaired) electrons. The van der Waals surface area contributed by atoms with Crippen LogP contribution in [0.5, 0.6) is 0 Å². The lowest BCUT2D eigenvalue weighted by atomic mass is 10.2. The van der Waals surface area contributed by atoms with Gasteiger partial charge in [-0.15, -0.1) is 0 Å². The van der Waals surface area contributed by atoms with Gasteiger partial charge in [0.25, 0.3) is 5.91 Å². The summed E-state index contributed by atoms with van der Waals surface area (Å²) in [4.78, 5) is 11.7. The predicted octanol–water partition coefficient (Wildman–Crippen LogP) is 2.12. The average Bonchev–Trinajstić information content (AvgIpc) is 2.92. The van der Waals surface area contributed by atoms with E-state index in [-0.39, 0.29) is 5.91 Å². The van der Waals surface area contributed by atoms with Gasteiger partial charge in [0, 0.05) is 23.6 Å². The fraction of sp³-hybridized carbons (Fsp3) is 0.143. The lowest BCUT2D eigenvalue weighted by Crippen LogP contribution is -2.31. The second kappa shape index (κ2) is 5.19. The lowest BCUT2D eigenvalue weighted by Gasteiger charge is -2.07. The van der Waals surface area contributed by atoms with Crippen LogP contribution < -0.4 is 5.32 Å². The molecular formula is C14H13N3O. The third kappa shape index (κ3) is 2.58. The van der Waals surface area contributed by atoms with Crippen molar-refractivity contribution in [1.29, 1.82) is 5.26 Å². The van der Waals surface area contributed by atoms with Crippen molar-refractivity contribution in [3.8, 4) is 11.8 Å². The maximum Gasteiger partial charge on any atom is 0.252 e. The highest BCUT2D eigenvalue weighted by Crippen LogP contribution is 2.10. The van der Waals surface area contributed by atoms with Crippen LogP contribution >= 0.6 is 0 Å². The molecule has 2 aromatic rings. The molecule has 2 rings (SSSR count). The van der Waals surface area contributed by atoms with E-state index in [1.54, 1.807) is 19.1 Å². The zero-order valence-corrected chi connectivity index (χ0v) is 10.00. The van der Waals surface area contributed by atoms with E-state index in [2.05, 4.69) is 5.32 Å². The van der Waals surface area contributed by atoms with Crippen LogP contribution in [0.1, 0.15) is 17.3 Å². The molecule has 0 saturated carbocycles. The van der Waals surface area contributed by atoms with E-state index in [1.165, 1.54) is 0 Å². The summed E-state index contributed by atoms with van der Waals surface area (Å²) < 4.78 is 1.96. The second-order valence-electron chi connectivity index (χ2n) is 3.96. The summed E-state index contributed by atoms with van der Waals surface area (Å²) in [5.74, 6) is -0.233. The number of aromatic nitrogens is 1. The summed E-state index contributed by atoms with van der Waals surface area (Å²) in [5.41, 5.74) is 1.54. The summed E-state index contributed by atoms with van der Waals surface area (Å²) in [6.45, 7) is 1.64. The van der Waals surface area contributed by atoms with Gasteiger partial charge in [-0.1, -0.05) is 0 Å². The number of carbonyl (C=O) groups is 1. The topological polar surface area (TPSA) is 57.8 Å². The molecule has 0 aliphatic carbocycles. The van der Waals surface area contributed by atoms with Crippen LogP contribution in [0.25, 0.3) is 5.69 Å². The summed E-state index contributed by atoms with van der Waals surface area (Å²) in [6, 6.07) is 12.6. The van der Waals surface area contributed by atoms with E-state index in [0.717, 1.165) is 5.69 Å². The number of amides is 1. The van der Waals surface area contributed by atoms with Gasteiger partial charge < -0.3 is 9.88 Å². The van der Waals surface area contributed by atoms with E-state index < -0.39 is 6.04 Å². The molecule has 18 heavy (non-hydrogen) atoms. The van der Waals surface area contributed by atoms with Gasteiger partial charge in [0.1, 0.15) is 6.04 Å². The van der Waals surface area contributed by atoms with Gasteiger partial charge in [0.05, 0.1) is 6.07 Å². The van der Waals surface area contributed by atoms with Gasteiger partial charge in [0.15, 0.2) is 0 Å². The van der Waals surface area contributed by atoms with Gasteiger partial charge in [-0.05, 0) is 43.3 Å². The monoisotopic (exact) mass is 239 g/mol. The van der Waals surface area contributed by atoms with E-state index in [9.17, 15) is 4.79 Å². The largest absolute Gasteiger partial charge is 0.337 e. The molecule has 0 aliphatic heterocycles. The van der Waals surface area contributed by atoms with Crippen molar-refractivity contribution in [2.24, 2.45) is 0 Å². The number of nitrogens with one attached hydrogen (secondary N) is 1. The number of benzene rings is 1. The Morgan fingerprint density at radius 2 is 1.89 bits per heavy atom. The first-order chi connectivity index (χ1) is 8.70. The number of carbonyl (C=O) groups excluding carboxylic acids is 1. The highest BCUT2D eigenvalue weighted by atomic mass is 16.1. The summed E-state index contributed by atoms with van der Waals surface area (Å²) >= 11 is 0. The average molecular weight is 239 g/mol. The van der Waals surface area contributed by atoms with Gasteiger partial charge in [0.2, 0.25) is 0 Å². The van der Waals surface area contributed by atoms with Crippen LogP contribution in [0.2, 0.25) is 0 Å². The minimum absolute atomic E-state index is 0.233. The molecule has 4 heteroatoms. The normalized spacial score (nSPS) is 11.6. The molecule has 90 valence electrons. The van der Waals surface area contributed by atoms with Crippen molar-refractivity contribution in [1.82, 2.24) is 9.88 Å². The van der Waals surface area contributed by atoms with Crippen LogP contribution in [-0.4, -0.2) is 16.5 Å². The van der Waals surface area contributed by atoms with Crippen molar-refractivity contribution in [3.05, 3.63) is 54.4 Å². The van der Waals surface area contributed by atoms with Gasteiger partial charge >= 0.3 is 0 Å². The molecule has 1 unspecified atom stereocenters. The van der Waals surface area contributed by atoms with Crippen molar-refractivity contribution in [2.45, 2.75) is 13.0 Å². The molecule has 0 bridgehead atoms. The van der Waals surface area contributed by atoms with Crippen molar-refractivity contribution in [3.63, 3.8) is 0 Å². The van der Waals surface area contributed by atoms with Gasteiger partial charge in [-0.25, -0.2) is 0 Å². The Bertz CT molecular complexity index is 564. The SMILES string of the molecule is CC(C#N)NC(=O)c1ccc(-n2cccc2)cc1. The highest BCUT2D eigenvalue weighted by molar-refractivity contribution is 5.94. The summed E-state index contributed by atoms with van der Waals surface area (Å²) in [7, 11) is 0. The minimum atomic E-state index is -0.485. The Morgan fingerprint density at radius 1 is 1.28 bits per heavy atom. The zero-order valence-electron chi connectivity index (χ0n) is 10.00. The standard InChI is InChI=1S/C14H13N3O/c1-11(10-15)16-14(18)12-4-6-13(7-5-12)17-8-2-3-9-17/h2-9,11H,1H3,(H,16,18). The van der Waals surface area contributed by atoms with Crippen molar-refractivity contribution in [2.75, 3.05) is 0 Å².